The van der Waals surface area contributed by atoms with Crippen LogP contribution in [0.4, 0.5) is 4.39 Å². The lowest BCUT2D eigenvalue weighted by Crippen LogP contribution is -2.35. The number of guanidine groups is 1. The molecule has 4 heteroatoms. The molecule has 0 spiro atoms. The molecule has 1 rings (SSSR count). The van der Waals surface area contributed by atoms with Crippen LogP contribution < -0.4 is 10.6 Å². The number of hydrogen-bond acceptors (Lipinski definition) is 1. The Kier molecular flexibility index (Phi) is 4.76. The van der Waals surface area contributed by atoms with Crippen LogP contribution in [-0.4, -0.2) is 26.6 Å². The van der Waals surface area contributed by atoms with Gasteiger partial charge in [0.25, 0.3) is 0 Å². The third kappa shape index (κ3) is 3.53. The Balaban J connectivity index is 2.49. The molecular formula is C12H18FN3. The SMILES string of the molecule is CN=C(NC)NCCc1ccc(F)cc1C. The molecule has 0 radical (unpaired) electrons. The summed E-state index contributed by atoms with van der Waals surface area (Å²) in [5.41, 5.74) is 2.14. The molecule has 16 heavy (non-hydrogen) atoms. The van der Waals surface area contributed by atoms with Crippen molar-refractivity contribution in [2.45, 2.75) is 13.3 Å². The summed E-state index contributed by atoms with van der Waals surface area (Å²) < 4.78 is 12.9. The average molecular weight is 223 g/mol. The number of halogens is 1. The zero-order chi connectivity index (χ0) is 12.0. The zero-order valence-electron chi connectivity index (χ0n) is 9.97. The molecule has 88 valence electrons. The lowest BCUT2D eigenvalue weighted by molar-refractivity contribution is 0.625. The van der Waals surface area contributed by atoms with Crippen LogP contribution in [0, 0.1) is 12.7 Å². The number of hydrogen-bond donors (Lipinski definition) is 2. The molecule has 0 aliphatic rings. The fourth-order valence-electron chi connectivity index (χ4n) is 1.53. The molecule has 0 saturated carbocycles. The highest BCUT2D eigenvalue weighted by Gasteiger charge is 2.00. The number of nitrogens with one attached hydrogen (secondary N) is 2. The monoisotopic (exact) mass is 223 g/mol. The first kappa shape index (κ1) is 12.5. The predicted molar refractivity (Wildman–Crippen MR) is 65.3 cm³/mol. The van der Waals surface area contributed by atoms with E-state index in [1.54, 1.807) is 13.1 Å². The van der Waals surface area contributed by atoms with E-state index in [-0.39, 0.29) is 5.82 Å². The molecule has 0 aliphatic carbocycles. The van der Waals surface area contributed by atoms with E-state index in [1.807, 2.05) is 20.0 Å². The van der Waals surface area contributed by atoms with Crippen molar-refractivity contribution >= 4 is 5.96 Å². The number of aliphatic imine (C=N–C) groups is 1. The van der Waals surface area contributed by atoms with E-state index in [0.29, 0.717) is 0 Å². The van der Waals surface area contributed by atoms with Crippen molar-refractivity contribution in [2.75, 3.05) is 20.6 Å². The van der Waals surface area contributed by atoms with Crippen LogP contribution in [0.5, 0.6) is 0 Å². The van der Waals surface area contributed by atoms with E-state index in [0.717, 1.165) is 30.1 Å². The van der Waals surface area contributed by atoms with Crippen LogP contribution in [0.3, 0.4) is 0 Å². The maximum atomic E-state index is 12.9. The Bertz CT molecular complexity index is 375. The van der Waals surface area contributed by atoms with Gasteiger partial charge in [0, 0.05) is 20.6 Å². The molecular weight excluding hydrogens is 205 g/mol. The van der Waals surface area contributed by atoms with Gasteiger partial charge in [-0.2, -0.15) is 0 Å². The summed E-state index contributed by atoms with van der Waals surface area (Å²) in [5.74, 6) is 0.583. The van der Waals surface area contributed by atoms with E-state index < -0.39 is 0 Å². The molecule has 0 heterocycles. The fourth-order valence-corrected chi connectivity index (χ4v) is 1.53. The Morgan fingerprint density at radius 2 is 2.19 bits per heavy atom. The Morgan fingerprint density at radius 1 is 1.44 bits per heavy atom. The van der Waals surface area contributed by atoms with E-state index in [9.17, 15) is 4.39 Å². The Morgan fingerprint density at radius 3 is 2.75 bits per heavy atom. The van der Waals surface area contributed by atoms with Gasteiger partial charge in [-0.3, -0.25) is 4.99 Å². The molecule has 0 atom stereocenters. The Hall–Kier alpha value is -1.58. The minimum absolute atomic E-state index is 0.180. The number of nitrogens with zero attached hydrogens (tertiary/aromatic N) is 1. The van der Waals surface area contributed by atoms with Gasteiger partial charge in [0.1, 0.15) is 5.82 Å². The van der Waals surface area contributed by atoms with E-state index in [4.69, 9.17) is 0 Å². The van der Waals surface area contributed by atoms with E-state index >= 15 is 0 Å². The third-order valence-electron chi connectivity index (χ3n) is 2.45. The van der Waals surface area contributed by atoms with Crippen molar-refractivity contribution in [1.29, 1.82) is 0 Å². The second-order valence-electron chi connectivity index (χ2n) is 3.57. The van der Waals surface area contributed by atoms with Crippen molar-refractivity contribution in [3.8, 4) is 0 Å². The normalized spacial score (nSPS) is 11.4. The highest BCUT2D eigenvalue weighted by Crippen LogP contribution is 2.10. The average Bonchev–Trinajstić information content (AvgIpc) is 2.27. The predicted octanol–water partition coefficient (Wildman–Crippen LogP) is 1.47. The quantitative estimate of drug-likeness (QED) is 0.601. The summed E-state index contributed by atoms with van der Waals surface area (Å²) in [6.07, 6.45) is 0.854. The summed E-state index contributed by atoms with van der Waals surface area (Å²) in [7, 11) is 3.54. The maximum Gasteiger partial charge on any atom is 0.190 e. The van der Waals surface area contributed by atoms with Gasteiger partial charge in [-0.05, 0) is 36.6 Å². The topological polar surface area (TPSA) is 36.4 Å². The second kappa shape index (κ2) is 6.10. The van der Waals surface area contributed by atoms with Crippen molar-refractivity contribution in [3.05, 3.63) is 35.1 Å². The molecule has 0 saturated heterocycles. The molecule has 0 aliphatic heterocycles. The molecule has 0 fully saturated rings. The summed E-state index contributed by atoms with van der Waals surface area (Å²) >= 11 is 0. The van der Waals surface area contributed by atoms with Crippen molar-refractivity contribution in [1.82, 2.24) is 10.6 Å². The minimum Gasteiger partial charge on any atom is -0.359 e. The smallest absolute Gasteiger partial charge is 0.190 e. The van der Waals surface area contributed by atoms with Crippen LogP contribution in [0.2, 0.25) is 0 Å². The summed E-state index contributed by atoms with van der Waals surface area (Å²) in [6, 6.07) is 4.88. The molecule has 0 aromatic heterocycles. The standard InChI is InChI=1S/C12H18FN3/c1-9-8-11(13)5-4-10(9)6-7-16-12(14-2)15-3/h4-5,8H,6-7H2,1-3H3,(H2,14,15,16). The van der Waals surface area contributed by atoms with Gasteiger partial charge in [0.15, 0.2) is 5.96 Å². The summed E-state index contributed by atoms with van der Waals surface area (Å²) in [6.45, 7) is 2.70. The first-order valence-electron chi connectivity index (χ1n) is 5.30. The number of aryl methyl sites for hydroxylation is 1. The number of benzene rings is 1. The van der Waals surface area contributed by atoms with E-state index in [1.165, 1.54) is 6.07 Å². The minimum atomic E-state index is -0.180. The maximum absolute atomic E-state index is 12.9. The van der Waals surface area contributed by atoms with Gasteiger partial charge in [-0.25, -0.2) is 4.39 Å². The van der Waals surface area contributed by atoms with Crippen molar-refractivity contribution in [3.63, 3.8) is 0 Å². The highest BCUT2D eigenvalue weighted by atomic mass is 19.1. The van der Waals surface area contributed by atoms with Gasteiger partial charge >= 0.3 is 0 Å². The molecule has 3 nitrogen and oxygen atoms in total. The van der Waals surface area contributed by atoms with Crippen molar-refractivity contribution in [2.24, 2.45) is 4.99 Å². The lowest BCUT2D eigenvalue weighted by atomic mass is 10.1. The van der Waals surface area contributed by atoms with E-state index in [2.05, 4.69) is 15.6 Å². The summed E-state index contributed by atoms with van der Waals surface area (Å²) in [4.78, 5) is 4.01. The molecule has 1 aromatic carbocycles. The van der Waals surface area contributed by atoms with Crippen LogP contribution in [-0.2, 0) is 6.42 Å². The second-order valence-corrected chi connectivity index (χ2v) is 3.57. The fraction of sp³-hybridized carbons (Fsp3) is 0.417. The molecule has 0 unspecified atom stereocenters. The molecule has 0 bridgehead atoms. The largest absolute Gasteiger partial charge is 0.359 e. The van der Waals surface area contributed by atoms with Gasteiger partial charge < -0.3 is 10.6 Å². The van der Waals surface area contributed by atoms with Crippen LogP contribution in [0.1, 0.15) is 11.1 Å². The molecule has 0 amide bonds. The highest BCUT2D eigenvalue weighted by molar-refractivity contribution is 5.79. The van der Waals surface area contributed by atoms with Crippen LogP contribution in [0.15, 0.2) is 23.2 Å². The van der Waals surface area contributed by atoms with Gasteiger partial charge in [-0.1, -0.05) is 6.07 Å². The lowest BCUT2D eigenvalue weighted by Gasteiger charge is -2.09. The van der Waals surface area contributed by atoms with Gasteiger partial charge in [0.05, 0.1) is 0 Å². The Labute approximate surface area is 95.8 Å². The van der Waals surface area contributed by atoms with Crippen LogP contribution in [0.25, 0.3) is 0 Å². The van der Waals surface area contributed by atoms with Crippen molar-refractivity contribution < 1.29 is 4.39 Å². The molecule has 2 N–H and O–H groups in total. The van der Waals surface area contributed by atoms with Gasteiger partial charge in [-0.15, -0.1) is 0 Å². The zero-order valence-corrected chi connectivity index (χ0v) is 9.97. The third-order valence-corrected chi connectivity index (χ3v) is 2.45. The van der Waals surface area contributed by atoms with Gasteiger partial charge in [0.2, 0.25) is 0 Å². The number of rotatable bonds is 3. The summed E-state index contributed by atoms with van der Waals surface area (Å²) in [5, 5.41) is 6.10. The first-order chi connectivity index (χ1) is 7.67. The first-order valence-corrected chi connectivity index (χ1v) is 5.30. The van der Waals surface area contributed by atoms with Crippen LogP contribution >= 0.6 is 0 Å². The molecule has 1 aromatic rings.